The molecule has 0 radical (unpaired) electrons. The molecular formula is C17H23NO2. The van der Waals surface area contributed by atoms with Crippen LogP contribution in [0.5, 0.6) is 0 Å². The molecule has 1 fully saturated rings. The summed E-state index contributed by atoms with van der Waals surface area (Å²) in [7, 11) is 0. The van der Waals surface area contributed by atoms with Gasteiger partial charge in [0.05, 0.1) is 0 Å². The average Bonchev–Trinajstić information content (AvgIpc) is 2.48. The number of rotatable bonds is 5. The van der Waals surface area contributed by atoms with Crippen LogP contribution in [0.4, 0.5) is 0 Å². The zero-order chi connectivity index (χ0) is 14.4. The van der Waals surface area contributed by atoms with Crippen LogP contribution in [0.3, 0.4) is 0 Å². The monoisotopic (exact) mass is 273 g/mol. The molecule has 1 amide bonds. The van der Waals surface area contributed by atoms with E-state index in [4.69, 9.17) is 0 Å². The predicted octanol–water partition coefficient (Wildman–Crippen LogP) is 3.34. The van der Waals surface area contributed by atoms with Gasteiger partial charge in [-0.05, 0) is 31.6 Å². The minimum absolute atomic E-state index is 0.00818. The molecule has 0 bridgehead atoms. The van der Waals surface area contributed by atoms with Crippen molar-refractivity contribution in [2.24, 2.45) is 5.92 Å². The maximum Gasteiger partial charge on any atom is 0.220 e. The first kappa shape index (κ1) is 14.8. The highest BCUT2D eigenvalue weighted by Crippen LogP contribution is 2.23. The first-order valence-corrected chi connectivity index (χ1v) is 7.53. The van der Waals surface area contributed by atoms with E-state index in [0.29, 0.717) is 24.4 Å². The summed E-state index contributed by atoms with van der Waals surface area (Å²) >= 11 is 0. The molecule has 1 saturated carbocycles. The van der Waals surface area contributed by atoms with E-state index >= 15 is 0 Å². The van der Waals surface area contributed by atoms with Gasteiger partial charge in [0.25, 0.3) is 0 Å². The number of carbonyl (C=O) groups is 2. The van der Waals surface area contributed by atoms with Crippen molar-refractivity contribution in [2.45, 2.75) is 51.5 Å². The van der Waals surface area contributed by atoms with Gasteiger partial charge in [-0.25, -0.2) is 0 Å². The van der Waals surface area contributed by atoms with Crippen LogP contribution < -0.4 is 5.32 Å². The molecule has 20 heavy (non-hydrogen) atoms. The fourth-order valence-corrected chi connectivity index (χ4v) is 2.70. The normalized spacial score (nSPS) is 22.2. The summed E-state index contributed by atoms with van der Waals surface area (Å²) in [5, 5.41) is 3.06. The smallest absolute Gasteiger partial charge is 0.220 e. The molecule has 1 aromatic carbocycles. The molecule has 1 N–H and O–H groups in total. The van der Waals surface area contributed by atoms with E-state index in [9.17, 15) is 9.59 Å². The van der Waals surface area contributed by atoms with Gasteiger partial charge in [0.1, 0.15) is 0 Å². The third kappa shape index (κ3) is 4.48. The third-order valence-electron chi connectivity index (χ3n) is 4.06. The first-order chi connectivity index (χ1) is 9.65. The Morgan fingerprint density at radius 1 is 1.05 bits per heavy atom. The maximum absolute atomic E-state index is 11.9. The van der Waals surface area contributed by atoms with E-state index < -0.39 is 0 Å². The summed E-state index contributed by atoms with van der Waals surface area (Å²) in [5.41, 5.74) is 0.687. The van der Waals surface area contributed by atoms with Crippen molar-refractivity contribution in [1.29, 1.82) is 0 Å². The van der Waals surface area contributed by atoms with Crippen molar-refractivity contribution in [2.75, 3.05) is 0 Å². The second-order valence-electron chi connectivity index (χ2n) is 5.81. The van der Waals surface area contributed by atoms with Gasteiger partial charge in [0.2, 0.25) is 5.91 Å². The molecule has 0 unspecified atom stereocenters. The van der Waals surface area contributed by atoms with Crippen molar-refractivity contribution >= 4 is 11.7 Å². The van der Waals surface area contributed by atoms with Gasteiger partial charge in [-0.3, -0.25) is 9.59 Å². The van der Waals surface area contributed by atoms with Crippen LogP contribution in [0.25, 0.3) is 0 Å². The number of ketones is 1. The van der Waals surface area contributed by atoms with Crippen LogP contribution in [-0.4, -0.2) is 17.7 Å². The number of carbonyl (C=O) groups excluding carboxylic acids is 2. The van der Waals surface area contributed by atoms with Gasteiger partial charge in [0, 0.05) is 24.4 Å². The predicted molar refractivity (Wildman–Crippen MR) is 79.6 cm³/mol. The molecule has 0 heterocycles. The number of hydrogen-bond donors (Lipinski definition) is 1. The Morgan fingerprint density at radius 3 is 2.35 bits per heavy atom. The largest absolute Gasteiger partial charge is 0.353 e. The summed E-state index contributed by atoms with van der Waals surface area (Å²) in [6.07, 6.45) is 5.10. The Kier molecular flexibility index (Phi) is 5.33. The van der Waals surface area contributed by atoms with Crippen molar-refractivity contribution < 1.29 is 9.59 Å². The minimum atomic E-state index is 0.00818. The highest BCUT2D eigenvalue weighted by Gasteiger charge is 2.19. The number of amides is 1. The van der Waals surface area contributed by atoms with E-state index in [-0.39, 0.29) is 11.7 Å². The highest BCUT2D eigenvalue weighted by molar-refractivity contribution is 5.97. The highest BCUT2D eigenvalue weighted by atomic mass is 16.2. The fourth-order valence-electron chi connectivity index (χ4n) is 2.70. The summed E-state index contributed by atoms with van der Waals surface area (Å²) in [4.78, 5) is 23.8. The molecule has 0 saturated heterocycles. The third-order valence-corrected chi connectivity index (χ3v) is 4.06. The number of Topliss-reactive ketones (excluding diaryl/α,β-unsaturated/α-hetero) is 1. The first-order valence-electron chi connectivity index (χ1n) is 7.53. The van der Waals surface area contributed by atoms with E-state index in [1.165, 1.54) is 12.8 Å². The lowest BCUT2D eigenvalue weighted by Crippen LogP contribution is -2.37. The van der Waals surface area contributed by atoms with Gasteiger partial charge >= 0.3 is 0 Å². The SMILES string of the molecule is CC1CCC(NC(=O)CCC(=O)c2ccccc2)CC1. The molecule has 1 aliphatic carbocycles. The number of hydrogen-bond acceptors (Lipinski definition) is 2. The lowest BCUT2D eigenvalue weighted by atomic mass is 9.87. The standard InChI is InChI=1S/C17H23NO2/c1-13-7-9-15(10-8-13)18-17(20)12-11-16(19)14-5-3-2-4-6-14/h2-6,13,15H,7-12H2,1H3,(H,18,20). The van der Waals surface area contributed by atoms with Crippen LogP contribution in [0.1, 0.15) is 55.8 Å². The zero-order valence-corrected chi connectivity index (χ0v) is 12.1. The zero-order valence-electron chi connectivity index (χ0n) is 12.1. The van der Waals surface area contributed by atoms with Crippen molar-refractivity contribution in [1.82, 2.24) is 5.32 Å². The Balaban J connectivity index is 1.71. The van der Waals surface area contributed by atoms with E-state index in [0.717, 1.165) is 18.8 Å². The summed E-state index contributed by atoms with van der Waals surface area (Å²) in [6, 6.07) is 9.47. The van der Waals surface area contributed by atoms with Crippen molar-refractivity contribution in [3.8, 4) is 0 Å². The van der Waals surface area contributed by atoms with Crippen LogP contribution in [-0.2, 0) is 4.79 Å². The molecule has 0 aromatic heterocycles. The van der Waals surface area contributed by atoms with Crippen LogP contribution >= 0.6 is 0 Å². The van der Waals surface area contributed by atoms with Crippen LogP contribution in [0.2, 0.25) is 0 Å². The Labute approximate surface area is 120 Å². The second kappa shape index (κ2) is 7.22. The molecule has 108 valence electrons. The molecule has 3 heteroatoms. The van der Waals surface area contributed by atoms with Crippen LogP contribution in [0, 0.1) is 5.92 Å². The molecule has 1 aromatic rings. The molecule has 0 spiro atoms. The molecule has 1 aliphatic rings. The Morgan fingerprint density at radius 2 is 1.70 bits per heavy atom. The van der Waals surface area contributed by atoms with Crippen LogP contribution in [0.15, 0.2) is 30.3 Å². The van der Waals surface area contributed by atoms with E-state index in [1.54, 1.807) is 12.1 Å². The lowest BCUT2D eigenvalue weighted by Gasteiger charge is -2.26. The molecule has 3 nitrogen and oxygen atoms in total. The molecule has 2 rings (SSSR count). The number of benzene rings is 1. The Hall–Kier alpha value is -1.64. The number of nitrogens with one attached hydrogen (secondary N) is 1. The fraction of sp³-hybridized carbons (Fsp3) is 0.529. The van der Waals surface area contributed by atoms with Gasteiger partial charge in [-0.1, -0.05) is 37.3 Å². The summed E-state index contributed by atoms with van der Waals surface area (Å²) in [6.45, 7) is 2.26. The van der Waals surface area contributed by atoms with E-state index in [1.807, 2.05) is 18.2 Å². The minimum Gasteiger partial charge on any atom is -0.353 e. The second-order valence-corrected chi connectivity index (χ2v) is 5.81. The van der Waals surface area contributed by atoms with Gasteiger partial charge < -0.3 is 5.32 Å². The van der Waals surface area contributed by atoms with Crippen molar-refractivity contribution in [3.63, 3.8) is 0 Å². The summed E-state index contributed by atoms with van der Waals surface area (Å²) in [5.74, 6) is 0.828. The topological polar surface area (TPSA) is 46.2 Å². The van der Waals surface area contributed by atoms with Crippen molar-refractivity contribution in [3.05, 3.63) is 35.9 Å². The quantitative estimate of drug-likeness (QED) is 0.836. The Bertz CT molecular complexity index is 447. The molecule has 0 aliphatic heterocycles. The summed E-state index contributed by atoms with van der Waals surface area (Å²) < 4.78 is 0. The van der Waals surface area contributed by atoms with Gasteiger partial charge in [0.15, 0.2) is 5.78 Å². The average molecular weight is 273 g/mol. The van der Waals surface area contributed by atoms with Gasteiger partial charge in [-0.2, -0.15) is 0 Å². The lowest BCUT2D eigenvalue weighted by molar-refractivity contribution is -0.122. The van der Waals surface area contributed by atoms with E-state index in [2.05, 4.69) is 12.2 Å². The van der Waals surface area contributed by atoms with Gasteiger partial charge in [-0.15, -0.1) is 0 Å². The maximum atomic E-state index is 11.9. The molecular weight excluding hydrogens is 250 g/mol. The molecule has 0 atom stereocenters.